The van der Waals surface area contributed by atoms with Crippen LogP contribution in [0.15, 0.2) is 66.7 Å². The van der Waals surface area contributed by atoms with Gasteiger partial charge in [0.05, 0.1) is 12.1 Å². The van der Waals surface area contributed by atoms with E-state index < -0.39 is 23.5 Å². The fourth-order valence-electron chi connectivity index (χ4n) is 3.90. The first-order valence-electron chi connectivity index (χ1n) is 12.2. The van der Waals surface area contributed by atoms with E-state index in [0.717, 1.165) is 29.2 Å². The monoisotopic (exact) mass is 509 g/mol. The Bertz CT molecular complexity index is 1240. The third-order valence-corrected chi connectivity index (χ3v) is 5.90. The molecule has 0 aliphatic carbocycles. The number of nitrogens with zero attached hydrogens (tertiary/aromatic N) is 1. The lowest BCUT2D eigenvalue weighted by molar-refractivity contribution is -0.139. The second-order valence-corrected chi connectivity index (χ2v) is 8.98. The average Bonchev–Trinajstić information content (AvgIpc) is 2.85. The number of unbranched alkanes of at least 4 members (excludes halogenated alkanes) is 2. The van der Waals surface area contributed by atoms with Gasteiger partial charge < -0.3 is 10.2 Å². The first-order valence-corrected chi connectivity index (χ1v) is 12.2. The number of aryl methyl sites for hydroxylation is 1. The molecule has 0 aliphatic rings. The minimum absolute atomic E-state index is 0.0216. The van der Waals surface area contributed by atoms with Crippen molar-refractivity contribution in [2.24, 2.45) is 0 Å². The predicted molar refractivity (Wildman–Crippen MR) is 137 cm³/mol. The van der Waals surface area contributed by atoms with Gasteiger partial charge in [0.1, 0.15) is 5.75 Å². The van der Waals surface area contributed by atoms with E-state index in [9.17, 15) is 28.2 Å². The number of aromatic hydroxyl groups is 1. The first-order chi connectivity index (χ1) is 17.6. The largest absolute Gasteiger partial charge is 0.508 e. The van der Waals surface area contributed by atoms with E-state index >= 15 is 0 Å². The highest BCUT2D eigenvalue weighted by atomic mass is 19.4. The minimum Gasteiger partial charge on any atom is -0.508 e. The molecule has 7 heteroatoms. The van der Waals surface area contributed by atoms with Gasteiger partial charge in [-0.25, -0.2) is 0 Å². The van der Waals surface area contributed by atoms with Gasteiger partial charge in [-0.2, -0.15) is 13.2 Å². The van der Waals surface area contributed by atoms with Crippen molar-refractivity contribution in [2.75, 3.05) is 6.54 Å². The third-order valence-electron chi connectivity index (χ3n) is 5.90. The van der Waals surface area contributed by atoms with Crippen LogP contribution in [-0.2, 0) is 30.5 Å². The normalized spacial score (nSPS) is 11.3. The summed E-state index contributed by atoms with van der Waals surface area (Å²) in [5.74, 6) is 4.68. The first kappa shape index (κ1) is 27.8. The lowest BCUT2D eigenvalue weighted by atomic mass is 10.1. The van der Waals surface area contributed by atoms with Crippen LogP contribution in [-0.4, -0.2) is 27.6 Å². The molecule has 0 saturated heterocycles. The van der Waals surface area contributed by atoms with Gasteiger partial charge in [0.25, 0.3) is 0 Å². The summed E-state index contributed by atoms with van der Waals surface area (Å²) in [5.41, 5.74) is 3.10. The van der Waals surface area contributed by atoms with E-state index in [2.05, 4.69) is 30.9 Å². The molecule has 3 rings (SSSR count). The summed E-state index contributed by atoms with van der Waals surface area (Å²) < 4.78 is 38.6. The molecule has 0 radical (unpaired) electrons. The number of phenols is 1. The summed E-state index contributed by atoms with van der Waals surface area (Å²) in [4.78, 5) is 12.9. The van der Waals surface area contributed by atoms with E-state index in [1.807, 2.05) is 36.4 Å². The number of rotatable bonds is 10. The van der Waals surface area contributed by atoms with Crippen molar-refractivity contribution in [1.82, 2.24) is 4.90 Å². The number of alkyl halides is 3. The Labute approximate surface area is 215 Å². The number of carboxylic acid groups (broad SMARTS) is 1. The zero-order valence-corrected chi connectivity index (χ0v) is 20.7. The van der Waals surface area contributed by atoms with Gasteiger partial charge in [-0.15, -0.1) is 0 Å². The Hall–Kier alpha value is -3.76. The predicted octanol–water partition coefficient (Wildman–Crippen LogP) is 6.63. The standard InChI is InChI=1S/C30H30F3NO3/c1-2-3-4-5-22-6-8-23(9-7-22)10-11-24-12-14-25(15-13-24)19-34(21-29(36)37)20-26-16-17-27(18-28(26)35)30(31,32)33/h6-9,12-18,35H,2-5,19-21H2,1H3,(H,36,37). The van der Waals surface area contributed by atoms with Crippen molar-refractivity contribution in [2.45, 2.75) is 51.9 Å². The number of phenolic OH excluding ortho intramolecular Hbond substituents is 1. The van der Waals surface area contributed by atoms with Crippen LogP contribution in [0.25, 0.3) is 0 Å². The third kappa shape index (κ3) is 9.00. The van der Waals surface area contributed by atoms with Gasteiger partial charge in [0, 0.05) is 29.8 Å². The Morgan fingerprint density at radius 2 is 1.46 bits per heavy atom. The average molecular weight is 510 g/mol. The molecule has 4 nitrogen and oxygen atoms in total. The van der Waals surface area contributed by atoms with E-state index in [1.165, 1.54) is 35.8 Å². The maximum atomic E-state index is 12.9. The van der Waals surface area contributed by atoms with Gasteiger partial charge in [0.2, 0.25) is 0 Å². The Morgan fingerprint density at radius 1 is 0.865 bits per heavy atom. The van der Waals surface area contributed by atoms with Crippen molar-refractivity contribution in [3.05, 3.63) is 100 Å². The molecule has 2 N–H and O–H groups in total. The molecule has 0 aliphatic heterocycles. The molecule has 0 unspecified atom stereocenters. The van der Waals surface area contributed by atoms with Crippen LogP contribution >= 0.6 is 0 Å². The van der Waals surface area contributed by atoms with Crippen LogP contribution < -0.4 is 0 Å². The number of benzene rings is 3. The van der Waals surface area contributed by atoms with Crippen LogP contribution in [0, 0.1) is 11.8 Å². The molecule has 0 heterocycles. The van der Waals surface area contributed by atoms with E-state index in [1.54, 1.807) is 0 Å². The van der Waals surface area contributed by atoms with Crippen LogP contribution in [0.3, 0.4) is 0 Å². The fraction of sp³-hybridized carbons (Fsp3) is 0.300. The zero-order chi connectivity index (χ0) is 26.8. The lowest BCUT2D eigenvalue weighted by Gasteiger charge is -2.21. The van der Waals surface area contributed by atoms with Gasteiger partial charge in [-0.3, -0.25) is 9.69 Å². The summed E-state index contributed by atoms with van der Waals surface area (Å²) in [6.07, 6.45) is 0.106. The highest BCUT2D eigenvalue weighted by molar-refractivity contribution is 5.69. The molecule has 3 aromatic rings. The number of hydrogen-bond acceptors (Lipinski definition) is 3. The Morgan fingerprint density at radius 3 is 1.97 bits per heavy atom. The smallest absolute Gasteiger partial charge is 0.416 e. The van der Waals surface area contributed by atoms with Crippen molar-refractivity contribution in [3.63, 3.8) is 0 Å². The summed E-state index contributed by atoms with van der Waals surface area (Å²) in [6, 6.07) is 18.3. The number of hydrogen-bond donors (Lipinski definition) is 2. The highest BCUT2D eigenvalue weighted by Crippen LogP contribution is 2.33. The molecule has 0 bridgehead atoms. The molecule has 0 atom stereocenters. The van der Waals surface area contributed by atoms with Crippen LogP contribution in [0.1, 0.15) is 59.6 Å². The van der Waals surface area contributed by atoms with Crippen molar-refractivity contribution >= 4 is 5.97 Å². The van der Waals surface area contributed by atoms with Crippen molar-refractivity contribution < 1.29 is 28.2 Å². The highest BCUT2D eigenvalue weighted by Gasteiger charge is 2.31. The fourth-order valence-corrected chi connectivity index (χ4v) is 3.90. The topological polar surface area (TPSA) is 60.8 Å². The second-order valence-electron chi connectivity index (χ2n) is 8.98. The van der Waals surface area contributed by atoms with Gasteiger partial charge >= 0.3 is 12.1 Å². The quantitative estimate of drug-likeness (QED) is 0.238. The molecular weight excluding hydrogens is 479 g/mol. The molecule has 0 aromatic heterocycles. The van der Waals surface area contributed by atoms with Crippen LogP contribution in [0.4, 0.5) is 13.2 Å². The molecule has 3 aromatic carbocycles. The molecule has 0 saturated carbocycles. The molecular formula is C30H30F3NO3. The number of carboxylic acids is 1. The summed E-state index contributed by atoms with van der Waals surface area (Å²) in [5, 5.41) is 19.3. The maximum Gasteiger partial charge on any atom is 0.416 e. The minimum atomic E-state index is -4.57. The van der Waals surface area contributed by atoms with E-state index in [0.29, 0.717) is 6.07 Å². The number of halogens is 3. The number of aliphatic carboxylic acids is 1. The SMILES string of the molecule is CCCCCc1ccc(C#Cc2ccc(CN(CC(=O)O)Cc3ccc(C(F)(F)F)cc3O)cc2)cc1. The summed E-state index contributed by atoms with van der Waals surface area (Å²) >= 11 is 0. The van der Waals surface area contributed by atoms with Crippen molar-refractivity contribution in [3.8, 4) is 17.6 Å². The molecule has 194 valence electrons. The molecule has 0 amide bonds. The molecule has 0 fully saturated rings. The zero-order valence-electron chi connectivity index (χ0n) is 20.7. The summed E-state index contributed by atoms with van der Waals surface area (Å²) in [7, 11) is 0. The molecule has 37 heavy (non-hydrogen) atoms. The van der Waals surface area contributed by atoms with Gasteiger partial charge in [-0.1, -0.05) is 61.9 Å². The maximum absolute atomic E-state index is 12.9. The summed E-state index contributed by atoms with van der Waals surface area (Å²) in [6.45, 7) is 2.06. The Kier molecular flexibility index (Phi) is 9.76. The van der Waals surface area contributed by atoms with Crippen LogP contribution in [0.2, 0.25) is 0 Å². The van der Waals surface area contributed by atoms with Gasteiger partial charge in [-0.05, 0) is 60.4 Å². The molecule has 0 spiro atoms. The van der Waals surface area contributed by atoms with Crippen molar-refractivity contribution in [1.29, 1.82) is 0 Å². The second kappa shape index (κ2) is 13.0. The van der Waals surface area contributed by atoms with E-state index in [4.69, 9.17) is 0 Å². The number of carbonyl (C=O) groups is 1. The lowest BCUT2D eigenvalue weighted by Crippen LogP contribution is -2.29. The van der Waals surface area contributed by atoms with Gasteiger partial charge in [0.15, 0.2) is 0 Å². The Balaban J connectivity index is 1.65. The van der Waals surface area contributed by atoms with Crippen LogP contribution in [0.5, 0.6) is 5.75 Å². The van der Waals surface area contributed by atoms with E-state index in [-0.39, 0.29) is 25.2 Å².